The van der Waals surface area contributed by atoms with Crippen LogP contribution in [0.15, 0.2) is 63.9 Å². The van der Waals surface area contributed by atoms with E-state index in [-0.39, 0.29) is 5.91 Å². The normalized spacial score (nSPS) is 12.1. The first kappa shape index (κ1) is 20.0. The maximum atomic E-state index is 13.2. The number of fused-ring (bicyclic) bond motifs is 1. The van der Waals surface area contributed by atoms with E-state index in [2.05, 4.69) is 31.4 Å². The summed E-state index contributed by atoms with van der Waals surface area (Å²) in [4.78, 5) is 26.0. The summed E-state index contributed by atoms with van der Waals surface area (Å²) < 4.78 is 3.69. The van der Waals surface area contributed by atoms with Crippen molar-refractivity contribution < 1.29 is 4.79 Å². The average molecular weight is 466 g/mol. The molecule has 0 aliphatic heterocycles. The smallest absolute Gasteiger partial charge is 0.295 e. The van der Waals surface area contributed by atoms with Gasteiger partial charge in [-0.15, -0.1) is 0 Å². The van der Waals surface area contributed by atoms with Crippen molar-refractivity contribution in [3.8, 4) is 5.69 Å². The fourth-order valence-electron chi connectivity index (χ4n) is 3.44. The number of anilines is 1. The molecule has 1 N–H and O–H groups in total. The Balaban J connectivity index is 1.77. The van der Waals surface area contributed by atoms with Crippen LogP contribution in [0, 0.1) is 13.8 Å². The highest BCUT2D eigenvalue weighted by molar-refractivity contribution is 9.10. The molecule has 7 nitrogen and oxygen atoms in total. The van der Waals surface area contributed by atoms with Crippen LogP contribution in [-0.4, -0.2) is 25.5 Å². The van der Waals surface area contributed by atoms with Crippen molar-refractivity contribution in [3.63, 3.8) is 0 Å². The second-order valence-corrected chi connectivity index (χ2v) is 7.89. The number of carbonyl (C=O) groups excluding carboxylic acids is 1. The average Bonchev–Trinajstić information content (AvgIpc) is 3.10. The summed E-state index contributed by atoms with van der Waals surface area (Å²) in [6.45, 7) is 5.37. The highest BCUT2D eigenvalue weighted by atomic mass is 79.9. The minimum absolute atomic E-state index is 0.296. The number of hydrogen-bond donors (Lipinski definition) is 1. The van der Waals surface area contributed by atoms with Crippen molar-refractivity contribution in [2.75, 3.05) is 5.32 Å². The van der Waals surface area contributed by atoms with Gasteiger partial charge in [-0.05, 0) is 61.0 Å². The molecule has 0 bridgehead atoms. The molecule has 8 heteroatoms. The highest BCUT2D eigenvalue weighted by Crippen LogP contribution is 2.24. The van der Waals surface area contributed by atoms with Gasteiger partial charge in [0.05, 0.1) is 28.1 Å². The zero-order chi connectivity index (χ0) is 21.4. The lowest BCUT2D eigenvalue weighted by molar-refractivity contribution is -0.119. The SMILES string of the molecule is Cc1nn([C@H](C)C(=O)Nc2ccccc2Br)c(=O)c2nn(-c3ccccc3)c(C)c12. The van der Waals surface area contributed by atoms with Gasteiger partial charge in [0, 0.05) is 4.47 Å². The molecular formula is C22H20BrN5O2. The molecule has 0 saturated heterocycles. The molecule has 152 valence electrons. The van der Waals surface area contributed by atoms with Crippen molar-refractivity contribution in [2.24, 2.45) is 0 Å². The third-order valence-corrected chi connectivity index (χ3v) is 5.72. The third kappa shape index (κ3) is 3.43. The van der Waals surface area contributed by atoms with Crippen molar-refractivity contribution in [3.05, 3.63) is 80.8 Å². The number of hydrogen-bond acceptors (Lipinski definition) is 4. The largest absolute Gasteiger partial charge is 0.323 e. The molecule has 1 amide bonds. The Morgan fingerprint density at radius 1 is 1.03 bits per heavy atom. The first-order valence-corrected chi connectivity index (χ1v) is 10.3. The minimum atomic E-state index is -0.810. The molecule has 0 spiro atoms. The molecule has 0 unspecified atom stereocenters. The lowest BCUT2D eigenvalue weighted by Crippen LogP contribution is -2.34. The molecule has 2 aromatic heterocycles. The van der Waals surface area contributed by atoms with Gasteiger partial charge in [0.1, 0.15) is 6.04 Å². The molecule has 2 aromatic carbocycles. The Morgan fingerprint density at radius 2 is 1.70 bits per heavy atom. The lowest BCUT2D eigenvalue weighted by atomic mass is 10.2. The van der Waals surface area contributed by atoms with Crippen LogP contribution in [-0.2, 0) is 4.79 Å². The van der Waals surface area contributed by atoms with Crippen LogP contribution in [0.1, 0.15) is 24.4 Å². The van der Waals surface area contributed by atoms with Crippen LogP contribution in [0.4, 0.5) is 5.69 Å². The number of para-hydroxylation sites is 2. The molecule has 0 fully saturated rings. The Bertz CT molecular complexity index is 1310. The van der Waals surface area contributed by atoms with E-state index in [9.17, 15) is 9.59 Å². The van der Waals surface area contributed by atoms with Crippen molar-refractivity contribution in [1.82, 2.24) is 19.6 Å². The predicted octanol–water partition coefficient (Wildman–Crippen LogP) is 4.16. The van der Waals surface area contributed by atoms with Gasteiger partial charge in [0.25, 0.3) is 5.56 Å². The van der Waals surface area contributed by atoms with E-state index >= 15 is 0 Å². The Hall–Kier alpha value is -3.26. The number of nitrogens with one attached hydrogen (secondary N) is 1. The number of amides is 1. The summed E-state index contributed by atoms with van der Waals surface area (Å²) in [5.41, 5.74) is 2.86. The Kier molecular flexibility index (Phi) is 5.26. The van der Waals surface area contributed by atoms with E-state index in [1.165, 1.54) is 4.68 Å². The number of aromatic nitrogens is 4. The van der Waals surface area contributed by atoms with Gasteiger partial charge in [-0.3, -0.25) is 9.59 Å². The third-order valence-electron chi connectivity index (χ3n) is 5.03. The maximum absolute atomic E-state index is 13.2. The number of aryl methyl sites for hydroxylation is 2. The summed E-state index contributed by atoms with van der Waals surface area (Å²) in [5.74, 6) is -0.338. The van der Waals surface area contributed by atoms with E-state index in [0.29, 0.717) is 22.3 Å². The van der Waals surface area contributed by atoms with Crippen molar-refractivity contribution >= 4 is 38.4 Å². The van der Waals surface area contributed by atoms with Gasteiger partial charge in [-0.1, -0.05) is 30.3 Å². The zero-order valence-corrected chi connectivity index (χ0v) is 18.3. The lowest BCUT2D eigenvalue weighted by Gasteiger charge is -2.15. The summed E-state index contributed by atoms with van der Waals surface area (Å²) in [7, 11) is 0. The van der Waals surface area contributed by atoms with Gasteiger partial charge in [0.15, 0.2) is 5.52 Å². The monoisotopic (exact) mass is 465 g/mol. The van der Waals surface area contributed by atoms with E-state index < -0.39 is 11.6 Å². The Labute approximate surface area is 181 Å². The first-order valence-electron chi connectivity index (χ1n) is 9.48. The quantitative estimate of drug-likeness (QED) is 0.490. The van der Waals surface area contributed by atoms with Crippen LogP contribution in [0.2, 0.25) is 0 Å². The number of nitrogens with zero attached hydrogens (tertiary/aromatic N) is 4. The number of halogens is 1. The molecule has 0 radical (unpaired) electrons. The molecule has 0 aliphatic rings. The second-order valence-electron chi connectivity index (χ2n) is 7.04. The summed E-state index contributed by atoms with van der Waals surface area (Å²) in [6.07, 6.45) is 0. The van der Waals surface area contributed by atoms with E-state index in [0.717, 1.165) is 15.9 Å². The molecule has 4 rings (SSSR count). The molecule has 1 atom stereocenters. The molecule has 30 heavy (non-hydrogen) atoms. The number of carbonyl (C=O) groups is 1. The van der Waals surface area contributed by atoms with Gasteiger partial charge < -0.3 is 5.32 Å². The van der Waals surface area contributed by atoms with E-state index in [4.69, 9.17) is 0 Å². The number of rotatable bonds is 4. The highest BCUT2D eigenvalue weighted by Gasteiger charge is 2.23. The fraction of sp³-hybridized carbons (Fsp3) is 0.182. The van der Waals surface area contributed by atoms with Crippen LogP contribution in [0.25, 0.3) is 16.6 Å². The van der Waals surface area contributed by atoms with E-state index in [1.807, 2.05) is 62.4 Å². The van der Waals surface area contributed by atoms with Gasteiger partial charge in [0.2, 0.25) is 5.91 Å². The van der Waals surface area contributed by atoms with Crippen LogP contribution < -0.4 is 10.9 Å². The Morgan fingerprint density at radius 3 is 2.40 bits per heavy atom. The molecule has 0 saturated carbocycles. The van der Waals surface area contributed by atoms with Gasteiger partial charge >= 0.3 is 0 Å². The van der Waals surface area contributed by atoms with Crippen LogP contribution in [0.5, 0.6) is 0 Å². The zero-order valence-electron chi connectivity index (χ0n) is 16.8. The molecule has 0 aliphatic carbocycles. The topological polar surface area (TPSA) is 81.8 Å². The summed E-state index contributed by atoms with van der Waals surface area (Å²) in [6, 6.07) is 16.1. The predicted molar refractivity (Wildman–Crippen MR) is 120 cm³/mol. The van der Waals surface area contributed by atoms with Gasteiger partial charge in [-0.2, -0.15) is 10.2 Å². The van der Waals surface area contributed by atoms with Crippen LogP contribution in [0.3, 0.4) is 0 Å². The second kappa shape index (κ2) is 7.87. The summed E-state index contributed by atoms with van der Waals surface area (Å²) in [5, 5.41) is 12.5. The fourth-order valence-corrected chi connectivity index (χ4v) is 3.83. The molecule has 4 aromatic rings. The molecular weight excluding hydrogens is 446 g/mol. The first-order chi connectivity index (χ1) is 14.4. The van der Waals surface area contributed by atoms with Gasteiger partial charge in [-0.25, -0.2) is 9.36 Å². The maximum Gasteiger partial charge on any atom is 0.295 e. The number of benzene rings is 2. The van der Waals surface area contributed by atoms with E-state index in [1.54, 1.807) is 17.7 Å². The molecule has 2 heterocycles. The van der Waals surface area contributed by atoms with Crippen molar-refractivity contribution in [1.29, 1.82) is 0 Å². The van der Waals surface area contributed by atoms with Crippen LogP contribution >= 0.6 is 15.9 Å². The standard InChI is InChI=1S/C22H20BrN5O2/c1-13-19-14(2)27(16-9-5-4-6-10-16)26-20(19)22(30)28(25-13)15(3)21(29)24-18-12-8-7-11-17(18)23/h4-12,15H,1-3H3,(H,24,29)/t15-/m1/s1. The summed E-state index contributed by atoms with van der Waals surface area (Å²) >= 11 is 3.41. The van der Waals surface area contributed by atoms with Crippen molar-refractivity contribution in [2.45, 2.75) is 26.8 Å². The minimum Gasteiger partial charge on any atom is -0.323 e.